The van der Waals surface area contributed by atoms with E-state index in [0.29, 0.717) is 18.0 Å². The van der Waals surface area contributed by atoms with Crippen molar-refractivity contribution in [2.75, 3.05) is 39.8 Å². The Labute approximate surface area is 130 Å². The zero-order valence-electron chi connectivity index (χ0n) is 14.0. The molecule has 0 bridgehead atoms. The van der Waals surface area contributed by atoms with Gasteiger partial charge in [-0.05, 0) is 32.0 Å². The minimum Gasteiger partial charge on any atom is -0.313 e. The van der Waals surface area contributed by atoms with Gasteiger partial charge in [0, 0.05) is 38.3 Å². The molecule has 0 spiro atoms. The molecule has 1 aliphatic rings. The topological polar surface area (TPSA) is 18.5 Å². The third-order valence-corrected chi connectivity index (χ3v) is 4.84. The van der Waals surface area contributed by atoms with Crippen LogP contribution >= 0.6 is 0 Å². The van der Waals surface area contributed by atoms with E-state index in [1.807, 2.05) is 0 Å². The summed E-state index contributed by atoms with van der Waals surface area (Å²) in [5.74, 6) is 0.609. The molecule has 3 unspecified atom stereocenters. The summed E-state index contributed by atoms with van der Waals surface area (Å²) >= 11 is 0. The molecule has 3 heteroatoms. The molecule has 118 valence electrons. The van der Waals surface area contributed by atoms with Gasteiger partial charge in [-0.1, -0.05) is 44.2 Å². The Morgan fingerprint density at radius 1 is 1.24 bits per heavy atom. The third-order valence-electron chi connectivity index (χ3n) is 4.84. The first-order valence-electron chi connectivity index (χ1n) is 8.34. The third kappa shape index (κ3) is 4.29. The summed E-state index contributed by atoms with van der Waals surface area (Å²) in [6, 6.07) is 11.9. The number of benzene rings is 1. The van der Waals surface area contributed by atoms with E-state index >= 15 is 0 Å². The van der Waals surface area contributed by atoms with E-state index in [-0.39, 0.29) is 0 Å². The van der Waals surface area contributed by atoms with Gasteiger partial charge in [-0.15, -0.1) is 0 Å². The number of nitrogens with one attached hydrogen (secondary N) is 1. The maximum atomic E-state index is 3.50. The molecule has 1 aromatic carbocycles. The van der Waals surface area contributed by atoms with Gasteiger partial charge < -0.3 is 10.2 Å². The Hall–Kier alpha value is -0.900. The van der Waals surface area contributed by atoms with Gasteiger partial charge in [0.25, 0.3) is 0 Å². The van der Waals surface area contributed by atoms with Crippen molar-refractivity contribution in [1.29, 1.82) is 0 Å². The summed E-state index contributed by atoms with van der Waals surface area (Å²) in [5, 5.41) is 3.50. The van der Waals surface area contributed by atoms with Crippen molar-refractivity contribution in [3.05, 3.63) is 35.9 Å². The average molecular weight is 289 g/mol. The summed E-state index contributed by atoms with van der Waals surface area (Å²) in [6.45, 7) is 12.9. The SMILES string of the molecule is CCN1CCN(CC(C)C(NC)c2ccccc2)CC1C. The van der Waals surface area contributed by atoms with Crippen LogP contribution in [0.5, 0.6) is 0 Å². The lowest BCUT2D eigenvalue weighted by atomic mass is 9.93. The first-order chi connectivity index (χ1) is 10.2. The van der Waals surface area contributed by atoms with Gasteiger partial charge in [-0.25, -0.2) is 0 Å². The Kier molecular flexibility index (Phi) is 6.22. The van der Waals surface area contributed by atoms with Crippen LogP contribution < -0.4 is 5.32 Å². The fourth-order valence-corrected chi connectivity index (χ4v) is 3.66. The maximum absolute atomic E-state index is 3.50. The molecule has 0 aromatic heterocycles. The van der Waals surface area contributed by atoms with Crippen molar-refractivity contribution in [3.8, 4) is 0 Å². The van der Waals surface area contributed by atoms with Crippen LogP contribution in [0, 0.1) is 5.92 Å². The highest BCUT2D eigenvalue weighted by atomic mass is 15.3. The number of nitrogens with zero attached hydrogens (tertiary/aromatic N) is 2. The minimum absolute atomic E-state index is 0.436. The Morgan fingerprint density at radius 3 is 2.52 bits per heavy atom. The molecular weight excluding hydrogens is 258 g/mol. The summed E-state index contributed by atoms with van der Waals surface area (Å²) < 4.78 is 0. The fourth-order valence-electron chi connectivity index (χ4n) is 3.66. The molecule has 1 saturated heterocycles. The predicted octanol–water partition coefficient (Wildman–Crippen LogP) is 2.61. The van der Waals surface area contributed by atoms with E-state index < -0.39 is 0 Å². The molecule has 1 fully saturated rings. The smallest absolute Gasteiger partial charge is 0.0355 e. The van der Waals surface area contributed by atoms with Crippen LogP contribution in [0.25, 0.3) is 0 Å². The van der Waals surface area contributed by atoms with Crippen molar-refractivity contribution in [2.24, 2.45) is 5.92 Å². The summed E-state index contributed by atoms with van der Waals surface area (Å²) in [6.07, 6.45) is 0. The molecular formula is C18H31N3. The average Bonchev–Trinajstić information content (AvgIpc) is 2.49. The lowest BCUT2D eigenvalue weighted by molar-refractivity contribution is 0.0745. The van der Waals surface area contributed by atoms with Crippen LogP contribution in [0.15, 0.2) is 30.3 Å². The monoisotopic (exact) mass is 289 g/mol. The molecule has 3 atom stereocenters. The number of hydrogen-bond acceptors (Lipinski definition) is 3. The predicted molar refractivity (Wildman–Crippen MR) is 90.6 cm³/mol. The molecule has 1 N–H and O–H groups in total. The number of rotatable bonds is 6. The van der Waals surface area contributed by atoms with Gasteiger partial charge in [0.15, 0.2) is 0 Å². The highest BCUT2D eigenvalue weighted by Crippen LogP contribution is 2.23. The second-order valence-electron chi connectivity index (χ2n) is 6.39. The lowest BCUT2D eigenvalue weighted by Crippen LogP contribution is -2.53. The van der Waals surface area contributed by atoms with Crippen LogP contribution in [0.4, 0.5) is 0 Å². The molecule has 0 amide bonds. The van der Waals surface area contributed by atoms with Gasteiger partial charge in [-0.3, -0.25) is 4.90 Å². The normalized spacial score (nSPS) is 23.9. The van der Waals surface area contributed by atoms with Gasteiger partial charge >= 0.3 is 0 Å². The zero-order valence-corrected chi connectivity index (χ0v) is 14.0. The van der Waals surface area contributed by atoms with Crippen molar-refractivity contribution in [2.45, 2.75) is 32.9 Å². The van der Waals surface area contributed by atoms with E-state index in [4.69, 9.17) is 0 Å². The highest BCUT2D eigenvalue weighted by Gasteiger charge is 2.25. The summed E-state index contributed by atoms with van der Waals surface area (Å²) in [5.41, 5.74) is 1.40. The number of likely N-dealkylation sites (N-methyl/N-ethyl adjacent to an activating group) is 1. The van der Waals surface area contributed by atoms with Gasteiger partial charge in [0.05, 0.1) is 0 Å². The first-order valence-corrected chi connectivity index (χ1v) is 8.34. The first kappa shape index (κ1) is 16.5. The largest absolute Gasteiger partial charge is 0.313 e. The van der Waals surface area contributed by atoms with E-state index in [1.54, 1.807) is 0 Å². The molecule has 1 aliphatic heterocycles. The van der Waals surface area contributed by atoms with Crippen LogP contribution in [0.2, 0.25) is 0 Å². The van der Waals surface area contributed by atoms with Gasteiger partial charge in [0.2, 0.25) is 0 Å². The van der Waals surface area contributed by atoms with Crippen LogP contribution in [0.1, 0.15) is 32.4 Å². The molecule has 2 rings (SSSR count). The van der Waals surface area contributed by atoms with E-state index in [2.05, 4.69) is 73.3 Å². The Balaban J connectivity index is 1.93. The molecule has 0 saturated carbocycles. The quantitative estimate of drug-likeness (QED) is 0.868. The second kappa shape index (κ2) is 7.92. The van der Waals surface area contributed by atoms with Gasteiger partial charge in [0.1, 0.15) is 0 Å². The molecule has 1 aromatic rings. The number of hydrogen-bond donors (Lipinski definition) is 1. The lowest BCUT2D eigenvalue weighted by Gasteiger charge is -2.41. The molecule has 0 radical (unpaired) electrons. The molecule has 1 heterocycles. The minimum atomic E-state index is 0.436. The zero-order chi connectivity index (χ0) is 15.2. The second-order valence-corrected chi connectivity index (χ2v) is 6.39. The van der Waals surface area contributed by atoms with Crippen LogP contribution in [-0.2, 0) is 0 Å². The van der Waals surface area contributed by atoms with Gasteiger partial charge in [-0.2, -0.15) is 0 Å². The summed E-state index contributed by atoms with van der Waals surface area (Å²) in [4.78, 5) is 5.21. The molecule has 3 nitrogen and oxygen atoms in total. The molecule has 21 heavy (non-hydrogen) atoms. The van der Waals surface area contributed by atoms with Crippen molar-refractivity contribution < 1.29 is 0 Å². The van der Waals surface area contributed by atoms with Crippen LogP contribution in [0.3, 0.4) is 0 Å². The fraction of sp³-hybridized carbons (Fsp3) is 0.667. The van der Waals surface area contributed by atoms with Crippen molar-refractivity contribution >= 4 is 0 Å². The number of piperazine rings is 1. The summed E-state index contributed by atoms with van der Waals surface area (Å²) in [7, 11) is 2.08. The van der Waals surface area contributed by atoms with E-state index in [9.17, 15) is 0 Å². The van der Waals surface area contributed by atoms with E-state index in [0.717, 1.165) is 0 Å². The Bertz CT molecular complexity index is 406. The standard InChI is InChI=1S/C18H31N3/c1-5-21-12-11-20(14-16(21)3)13-15(2)18(19-4)17-9-7-6-8-10-17/h6-10,15-16,18-19H,5,11-14H2,1-4H3. The molecule has 0 aliphatic carbocycles. The van der Waals surface area contributed by atoms with Crippen molar-refractivity contribution in [1.82, 2.24) is 15.1 Å². The van der Waals surface area contributed by atoms with Crippen molar-refractivity contribution in [3.63, 3.8) is 0 Å². The maximum Gasteiger partial charge on any atom is 0.0355 e. The Morgan fingerprint density at radius 2 is 1.95 bits per heavy atom. The van der Waals surface area contributed by atoms with E-state index in [1.165, 1.54) is 38.3 Å². The highest BCUT2D eigenvalue weighted by molar-refractivity contribution is 5.19. The van der Waals surface area contributed by atoms with Crippen LogP contribution in [-0.4, -0.2) is 55.6 Å².